The minimum absolute atomic E-state index is 0.0826. The molecule has 39 heavy (non-hydrogen) atoms. The highest BCUT2D eigenvalue weighted by atomic mass is 16.4. The first-order chi connectivity index (χ1) is 18.6. The van der Waals surface area contributed by atoms with E-state index in [2.05, 4.69) is 0 Å². The lowest BCUT2D eigenvalue weighted by molar-refractivity contribution is 0.0695. The Hall–Kier alpha value is -5.15. The van der Waals surface area contributed by atoms with Gasteiger partial charge in [0.05, 0.1) is 34.4 Å². The monoisotopic (exact) mass is 524 g/mol. The lowest BCUT2D eigenvalue weighted by Crippen LogP contribution is -2.30. The molecule has 6 rings (SSSR count). The maximum absolute atomic E-state index is 13.6. The zero-order chi connectivity index (χ0) is 27.7. The van der Waals surface area contributed by atoms with Crippen LogP contribution in [0.4, 0.5) is 0 Å². The SMILES string of the molecule is O=C(O)c1cc(O)c2c(c1)[C@H]([C@H]1c3cccc(O)c3C(=O)c3c(O)cc(CO)cc31)c1cccc(O)c1C2=O. The molecule has 0 bridgehead atoms. The van der Waals surface area contributed by atoms with E-state index >= 15 is 0 Å². The topological polar surface area (TPSA) is 173 Å². The van der Waals surface area contributed by atoms with Gasteiger partial charge in [-0.1, -0.05) is 30.3 Å². The van der Waals surface area contributed by atoms with Gasteiger partial charge in [-0.15, -0.1) is 0 Å². The number of aliphatic hydroxyl groups excluding tert-OH is 1. The van der Waals surface area contributed by atoms with Gasteiger partial charge in [-0.2, -0.15) is 0 Å². The van der Waals surface area contributed by atoms with Crippen molar-refractivity contribution in [3.05, 3.63) is 116 Å². The highest BCUT2D eigenvalue weighted by Crippen LogP contribution is 2.55. The molecule has 194 valence electrons. The van der Waals surface area contributed by atoms with Crippen LogP contribution in [0.15, 0.2) is 60.7 Å². The molecule has 0 aliphatic heterocycles. The van der Waals surface area contributed by atoms with Crippen LogP contribution in [-0.2, 0) is 6.61 Å². The van der Waals surface area contributed by atoms with Crippen LogP contribution < -0.4 is 0 Å². The van der Waals surface area contributed by atoms with Gasteiger partial charge in [0.2, 0.25) is 11.6 Å². The molecule has 0 aromatic heterocycles. The van der Waals surface area contributed by atoms with E-state index in [0.717, 1.165) is 6.07 Å². The molecule has 2 aliphatic rings. The van der Waals surface area contributed by atoms with Crippen molar-refractivity contribution in [3.8, 4) is 23.0 Å². The van der Waals surface area contributed by atoms with Gasteiger partial charge in [0.25, 0.3) is 0 Å². The van der Waals surface area contributed by atoms with E-state index in [9.17, 15) is 45.0 Å². The molecule has 2 aliphatic carbocycles. The van der Waals surface area contributed by atoms with E-state index in [0.29, 0.717) is 11.1 Å². The smallest absolute Gasteiger partial charge is 0.335 e. The van der Waals surface area contributed by atoms with Gasteiger partial charge in [-0.3, -0.25) is 9.59 Å². The molecular formula is C30H20O9. The molecule has 0 unspecified atom stereocenters. The number of hydrogen-bond donors (Lipinski definition) is 6. The summed E-state index contributed by atoms with van der Waals surface area (Å²) in [7, 11) is 0. The summed E-state index contributed by atoms with van der Waals surface area (Å²) in [6, 6.07) is 13.9. The van der Waals surface area contributed by atoms with E-state index in [-0.39, 0.29) is 56.0 Å². The summed E-state index contributed by atoms with van der Waals surface area (Å²) in [5.41, 5.74) is 0.500. The van der Waals surface area contributed by atoms with Crippen molar-refractivity contribution in [1.82, 2.24) is 0 Å². The standard InChI is InChI=1S/C30H20O9/c31-11-12-7-16-22(14-3-1-5-18(32)24(14)28(36)26(16)20(34)8-12)23-15-4-2-6-19(33)25(15)29(37)27-17(23)9-13(30(38)39)10-21(27)35/h1-10,22-23,31-35H,11H2,(H,38,39)/t22-,23+/m0/s1. The van der Waals surface area contributed by atoms with Crippen LogP contribution in [0.25, 0.3) is 0 Å². The predicted molar refractivity (Wildman–Crippen MR) is 136 cm³/mol. The highest BCUT2D eigenvalue weighted by molar-refractivity contribution is 6.18. The first kappa shape index (κ1) is 24.2. The average Bonchev–Trinajstić information content (AvgIpc) is 2.89. The molecule has 0 fully saturated rings. The second-order valence-electron chi connectivity index (χ2n) is 9.60. The van der Waals surface area contributed by atoms with Crippen molar-refractivity contribution in [1.29, 1.82) is 0 Å². The number of phenolic OH excluding ortho intramolecular Hbond substituents is 4. The molecule has 6 N–H and O–H groups in total. The predicted octanol–water partition coefficient (Wildman–Crippen LogP) is 3.75. The largest absolute Gasteiger partial charge is 0.507 e. The maximum atomic E-state index is 13.6. The van der Waals surface area contributed by atoms with Gasteiger partial charge in [-0.05, 0) is 58.1 Å². The minimum atomic E-state index is -1.35. The summed E-state index contributed by atoms with van der Waals surface area (Å²) in [6.07, 6.45) is 0. The Morgan fingerprint density at radius 2 is 1.08 bits per heavy atom. The van der Waals surface area contributed by atoms with Crippen LogP contribution in [0, 0.1) is 0 Å². The first-order valence-electron chi connectivity index (χ1n) is 11.9. The van der Waals surface area contributed by atoms with Gasteiger partial charge >= 0.3 is 5.97 Å². The maximum Gasteiger partial charge on any atom is 0.335 e. The third-order valence-corrected chi connectivity index (χ3v) is 7.52. The van der Waals surface area contributed by atoms with Gasteiger partial charge in [0.1, 0.15) is 23.0 Å². The van der Waals surface area contributed by atoms with Crippen molar-refractivity contribution < 1.29 is 45.0 Å². The Balaban J connectivity index is 1.78. The number of benzene rings is 4. The molecule has 9 heteroatoms. The fraction of sp³-hybridized carbons (Fsp3) is 0.100. The average molecular weight is 524 g/mol. The Bertz CT molecular complexity index is 1770. The van der Waals surface area contributed by atoms with Gasteiger partial charge in [-0.25, -0.2) is 4.79 Å². The van der Waals surface area contributed by atoms with E-state index in [4.69, 9.17) is 0 Å². The van der Waals surface area contributed by atoms with E-state index in [1.54, 1.807) is 12.1 Å². The molecule has 4 aromatic rings. The summed E-state index contributed by atoms with van der Waals surface area (Å²) < 4.78 is 0. The fourth-order valence-corrected chi connectivity index (χ4v) is 5.99. The number of phenols is 4. The number of aromatic carboxylic acids is 1. The van der Waals surface area contributed by atoms with Crippen molar-refractivity contribution in [2.45, 2.75) is 18.4 Å². The number of aromatic hydroxyl groups is 4. The number of carboxylic acid groups (broad SMARTS) is 1. The quantitative estimate of drug-likeness (QED) is 0.233. The zero-order valence-corrected chi connectivity index (χ0v) is 20.0. The fourth-order valence-electron chi connectivity index (χ4n) is 5.99. The van der Waals surface area contributed by atoms with Gasteiger partial charge in [0.15, 0.2) is 0 Å². The zero-order valence-electron chi connectivity index (χ0n) is 20.0. The Kier molecular flexibility index (Phi) is 5.24. The molecule has 2 atom stereocenters. The van der Waals surface area contributed by atoms with E-state index in [1.165, 1.54) is 42.5 Å². The van der Waals surface area contributed by atoms with Gasteiger partial charge < -0.3 is 30.6 Å². The van der Waals surface area contributed by atoms with Crippen LogP contribution in [0.5, 0.6) is 23.0 Å². The summed E-state index contributed by atoms with van der Waals surface area (Å²) in [6.45, 7) is -0.463. The lowest BCUT2D eigenvalue weighted by atomic mass is 9.63. The Morgan fingerprint density at radius 3 is 1.56 bits per heavy atom. The normalized spacial score (nSPS) is 17.2. The van der Waals surface area contributed by atoms with Crippen LogP contribution >= 0.6 is 0 Å². The number of carboxylic acids is 1. The van der Waals surface area contributed by atoms with Crippen molar-refractivity contribution in [2.75, 3.05) is 0 Å². The van der Waals surface area contributed by atoms with Crippen molar-refractivity contribution in [2.24, 2.45) is 0 Å². The lowest BCUT2D eigenvalue weighted by Gasteiger charge is -2.38. The summed E-state index contributed by atoms with van der Waals surface area (Å²) in [5.74, 6) is -6.32. The number of carbonyl (C=O) groups is 3. The molecular weight excluding hydrogens is 504 g/mol. The Morgan fingerprint density at radius 1 is 0.615 bits per heavy atom. The molecule has 0 saturated carbocycles. The number of hydrogen-bond acceptors (Lipinski definition) is 8. The number of fused-ring (bicyclic) bond motifs is 4. The van der Waals surface area contributed by atoms with Crippen LogP contribution in [-0.4, -0.2) is 48.2 Å². The van der Waals surface area contributed by atoms with Crippen molar-refractivity contribution in [3.63, 3.8) is 0 Å². The number of aliphatic hydroxyl groups is 1. The van der Waals surface area contributed by atoms with E-state index in [1.807, 2.05) is 0 Å². The molecule has 0 saturated heterocycles. The second-order valence-corrected chi connectivity index (χ2v) is 9.60. The number of carbonyl (C=O) groups excluding carboxylic acids is 2. The Labute approximate surface area is 220 Å². The van der Waals surface area contributed by atoms with Crippen LogP contribution in [0.3, 0.4) is 0 Å². The van der Waals surface area contributed by atoms with Crippen LogP contribution in [0.1, 0.15) is 81.9 Å². The molecule has 9 nitrogen and oxygen atoms in total. The minimum Gasteiger partial charge on any atom is -0.507 e. The van der Waals surface area contributed by atoms with Crippen molar-refractivity contribution >= 4 is 17.5 Å². The first-order valence-corrected chi connectivity index (χ1v) is 11.9. The van der Waals surface area contributed by atoms with E-state index < -0.39 is 47.5 Å². The van der Waals surface area contributed by atoms with Crippen LogP contribution in [0.2, 0.25) is 0 Å². The third-order valence-electron chi connectivity index (χ3n) is 7.52. The molecule has 0 amide bonds. The molecule has 0 radical (unpaired) electrons. The molecule has 0 heterocycles. The summed E-state index contributed by atoms with van der Waals surface area (Å²) in [5, 5.41) is 62.8. The second kappa shape index (κ2) is 8.44. The molecule has 0 spiro atoms. The summed E-state index contributed by atoms with van der Waals surface area (Å²) in [4.78, 5) is 39.1. The molecule has 4 aromatic carbocycles. The highest BCUT2D eigenvalue weighted by Gasteiger charge is 2.45. The van der Waals surface area contributed by atoms with Gasteiger partial charge in [0, 0.05) is 11.8 Å². The summed E-state index contributed by atoms with van der Waals surface area (Å²) >= 11 is 0. The third kappa shape index (κ3) is 3.33. The number of rotatable bonds is 3. The number of ketones is 2.